The van der Waals surface area contributed by atoms with Crippen molar-refractivity contribution in [3.63, 3.8) is 0 Å². The molecule has 0 bridgehead atoms. The van der Waals surface area contributed by atoms with Crippen molar-refractivity contribution in [2.45, 2.75) is 25.9 Å². The van der Waals surface area contributed by atoms with Crippen LogP contribution in [0.15, 0.2) is 18.2 Å². The van der Waals surface area contributed by atoms with Crippen LogP contribution < -0.4 is 10.1 Å². The standard InChI is InChI=1S/C16H23FN2O3/c1-11(20)13-6-8-19(10-13)16(21)18-7-5-12-3-4-14(17)15(9-12)22-2/h3-4,9,11,13,20H,5-8,10H2,1-2H3,(H,18,21)/t11-,13+/m1/s1. The number of hydrogen-bond acceptors (Lipinski definition) is 3. The first-order valence-corrected chi connectivity index (χ1v) is 7.54. The molecule has 0 aromatic heterocycles. The van der Waals surface area contributed by atoms with Crippen LogP contribution in [0.1, 0.15) is 18.9 Å². The van der Waals surface area contributed by atoms with Crippen molar-refractivity contribution < 1.29 is 19.0 Å². The fraction of sp³-hybridized carbons (Fsp3) is 0.562. The van der Waals surface area contributed by atoms with Gasteiger partial charge in [0.1, 0.15) is 0 Å². The molecule has 1 aromatic rings. The van der Waals surface area contributed by atoms with Gasteiger partial charge >= 0.3 is 6.03 Å². The minimum absolute atomic E-state index is 0.114. The monoisotopic (exact) mass is 310 g/mol. The Bertz CT molecular complexity index is 522. The van der Waals surface area contributed by atoms with Crippen LogP contribution in [-0.2, 0) is 6.42 Å². The Balaban J connectivity index is 1.78. The van der Waals surface area contributed by atoms with Gasteiger partial charge in [-0.1, -0.05) is 6.07 Å². The van der Waals surface area contributed by atoms with Crippen LogP contribution in [0, 0.1) is 11.7 Å². The summed E-state index contributed by atoms with van der Waals surface area (Å²) >= 11 is 0. The molecule has 1 aromatic carbocycles. The number of carbonyl (C=O) groups excluding carboxylic acids is 1. The largest absolute Gasteiger partial charge is 0.494 e. The average Bonchev–Trinajstić information content (AvgIpc) is 2.99. The molecule has 6 heteroatoms. The Hall–Kier alpha value is -1.82. The van der Waals surface area contributed by atoms with Gasteiger partial charge in [-0.25, -0.2) is 9.18 Å². The second kappa shape index (κ2) is 7.45. The molecule has 5 nitrogen and oxygen atoms in total. The number of rotatable bonds is 5. The SMILES string of the molecule is COc1cc(CCNC(=O)N2CC[C@H]([C@@H](C)O)C2)ccc1F. The lowest BCUT2D eigenvalue weighted by atomic mass is 10.0. The summed E-state index contributed by atoms with van der Waals surface area (Å²) in [6.45, 7) is 3.50. The van der Waals surface area contributed by atoms with Crippen LogP contribution >= 0.6 is 0 Å². The first kappa shape index (κ1) is 16.5. The normalized spacial score (nSPS) is 19.1. The Morgan fingerprint density at radius 3 is 3.00 bits per heavy atom. The number of likely N-dealkylation sites (tertiary alicyclic amines) is 1. The third-order valence-electron chi connectivity index (χ3n) is 4.10. The average molecular weight is 310 g/mol. The zero-order valence-electron chi connectivity index (χ0n) is 13.0. The van der Waals surface area contributed by atoms with Crippen molar-refractivity contribution in [2.75, 3.05) is 26.7 Å². The molecule has 1 fully saturated rings. The molecule has 0 saturated carbocycles. The van der Waals surface area contributed by atoms with Gasteiger partial charge in [0.05, 0.1) is 13.2 Å². The minimum Gasteiger partial charge on any atom is -0.494 e. The van der Waals surface area contributed by atoms with Crippen molar-refractivity contribution in [3.8, 4) is 5.75 Å². The van der Waals surface area contributed by atoms with Gasteiger partial charge in [-0.3, -0.25) is 0 Å². The molecule has 0 unspecified atom stereocenters. The van der Waals surface area contributed by atoms with E-state index in [4.69, 9.17) is 4.74 Å². The highest BCUT2D eigenvalue weighted by Crippen LogP contribution is 2.20. The number of methoxy groups -OCH3 is 1. The molecule has 0 radical (unpaired) electrons. The first-order valence-electron chi connectivity index (χ1n) is 7.54. The van der Waals surface area contributed by atoms with Crippen molar-refractivity contribution in [1.29, 1.82) is 0 Å². The summed E-state index contributed by atoms with van der Waals surface area (Å²) in [7, 11) is 1.43. The predicted molar refractivity (Wildman–Crippen MR) is 81.4 cm³/mol. The molecule has 22 heavy (non-hydrogen) atoms. The maximum Gasteiger partial charge on any atom is 0.317 e. The molecule has 2 atom stereocenters. The lowest BCUT2D eigenvalue weighted by Crippen LogP contribution is -2.39. The molecule has 0 spiro atoms. The fourth-order valence-corrected chi connectivity index (χ4v) is 2.65. The summed E-state index contributed by atoms with van der Waals surface area (Å²) < 4.78 is 18.2. The maximum absolute atomic E-state index is 13.3. The van der Waals surface area contributed by atoms with E-state index in [1.54, 1.807) is 24.0 Å². The number of urea groups is 1. The van der Waals surface area contributed by atoms with Crippen molar-refractivity contribution >= 4 is 6.03 Å². The summed E-state index contributed by atoms with van der Waals surface area (Å²) in [5.74, 6) is -0.0215. The van der Waals surface area contributed by atoms with E-state index < -0.39 is 5.82 Å². The van der Waals surface area contributed by atoms with Gasteiger partial charge in [0.2, 0.25) is 0 Å². The number of benzene rings is 1. The number of aliphatic hydroxyl groups excluding tert-OH is 1. The fourth-order valence-electron chi connectivity index (χ4n) is 2.65. The lowest BCUT2D eigenvalue weighted by Gasteiger charge is -2.18. The molecule has 2 amide bonds. The number of halogens is 1. The number of ether oxygens (including phenoxy) is 1. The molecule has 2 N–H and O–H groups in total. The molecule has 1 aliphatic rings. The number of nitrogens with zero attached hydrogens (tertiary/aromatic N) is 1. The summed E-state index contributed by atoms with van der Waals surface area (Å²) in [6.07, 6.45) is 1.06. The van der Waals surface area contributed by atoms with Gasteiger partial charge in [0, 0.05) is 25.6 Å². The molecule has 1 saturated heterocycles. The molecular formula is C16H23FN2O3. The second-order valence-electron chi connectivity index (χ2n) is 5.69. The van der Waals surface area contributed by atoms with Gasteiger partial charge < -0.3 is 20.1 Å². The molecule has 122 valence electrons. The van der Waals surface area contributed by atoms with Crippen LogP contribution in [0.5, 0.6) is 5.75 Å². The zero-order valence-corrected chi connectivity index (χ0v) is 13.0. The van der Waals surface area contributed by atoms with E-state index in [0.29, 0.717) is 26.1 Å². The molecule has 1 aliphatic heterocycles. The Morgan fingerprint density at radius 1 is 1.59 bits per heavy atom. The maximum atomic E-state index is 13.3. The number of carbonyl (C=O) groups is 1. The quantitative estimate of drug-likeness (QED) is 0.871. The minimum atomic E-state index is -0.392. The van der Waals surface area contributed by atoms with Gasteiger partial charge in [0.15, 0.2) is 11.6 Å². The third-order valence-corrected chi connectivity index (χ3v) is 4.10. The summed E-state index contributed by atoms with van der Waals surface area (Å²) in [5, 5.41) is 12.4. The third kappa shape index (κ3) is 4.10. The summed E-state index contributed by atoms with van der Waals surface area (Å²) in [4.78, 5) is 13.8. The number of nitrogens with one attached hydrogen (secondary N) is 1. The van der Waals surface area contributed by atoms with Gasteiger partial charge in [-0.05, 0) is 37.5 Å². The van der Waals surface area contributed by atoms with Crippen LogP contribution in [-0.4, -0.2) is 48.9 Å². The Labute approximate surface area is 130 Å². The first-order chi connectivity index (χ1) is 10.5. The van der Waals surface area contributed by atoms with Gasteiger partial charge in [-0.2, -0.15) is 0 Å². The molecule has 1 heterocycles. The molecule has 2 rings (SSSR count). The van der Waals surface area contributed by atoms with Crippen LogP contribution in [0.3, 0.4) is 0 Å². The van der Waals surface area contributed by atoms with E-state index in [2.05, 4.69) is 5.32 Å². The lowest BCUT2D eigenvalue weighted by molar-refractivity contribution is 0.129. The number of hydrogen-bond donors (Lipinski definition) is 2. The van der Waals surface area contributed by atoms with Crippen molar-refractivity contribution in [2.24, 2.45) is 5.92 Å². The van der Waals surface area contributed by atoms with Crippen LogP contribution in [0.4, 0.5) is 9.18 Å². The van der Waals surface area contributed by atoms with E-state index in [-0.39, 0.29) is 23.8 Å². The summed E-state index contributed by atoms with van der Waals surface area (Å²) in [5.41, 5.74) is 0.904. The number of aliphatic hydroxyl groups is 1. The van der Waals surface area contributed by atoms with Crippen LogP contribution in [0.25, 0.3) is 0 Å². The van der Waals surface area contributed by atoms with E-state index in [1.807, 2.05) is 0 Å². The van der Waals surface area contributed by atoms with Crippen molar-refractivity contribution in [1.82, 2.24) is 10.2 Å². The Morgan fingerprint density at radius 2 is 2.36 bits per heavy atom. The van der Waals surface area contributed by atoms with E-state index in [9.17, 15) is 14.3 Å². The highest BCUT2D eigenvalue weighted by Gasteiger charge is 2.28. The highest BCUT2D eigenvalue weighted by molar-refractivity contribution is 5.74. The Kier molecular flexibility index (Phi) is 5.60. The zero-order chi connectivity index (χ0) is 16.1. The van der Waals surface area contributed by atoms with E-state index >= 15 is 0 Å². The van der Waals surface area contributed by atoms with E-state index in [0.717, 1.165) is 12.0 Å². The summed E-state index contributed by atoms with van der Waals surface area (Å²) in [6, 6.07) is 4.57. The topological polar surface area (TPSA) is 61.8 Å². The smallest absolute Gasteiger partial charge is 0.317 e. The van der Waals surface area contributed by atoms with Gasteiger partial charge in [-0.15, -0.1) is 0 Å². The van der Waals surface area contributed by atoms with E-state index in [1.165, 1.54) is 13.2 Å². The highest BCUT2D eigenvalue weighted by atomic mass is 19.1. The van der Waals surface area contributed by atoms with Crippen LogP contribution in [0.2, 0.25) is 0 Å². The van der Waals surface area contributed by atoms with Crippen molar-refractivity contribution in [3.05, 3.63) is 29.6 Å². The van der Waals surface area contributed by atoms with Gasteiger partial charge in [0.25, 0.3) is 0 Å². The predicted octanol–water partition coefficient (Wildman–Crippen LogP) is 1.79. The second-order valence-corrected chi connectivity index (χ2v) is 5.69. The molecule has 0 aliphatic carbocycles. The molecular weight excluding hydrogens is 287 g/mol. The number of amides is 2.